The van der Waals surface area contributed by atoms with Crippen LogP contribution in [0.25, 0.3) is 0 Å². The lowest BCUT2D eigenvalue weighted by Gasteiger charge is -2.42. The van der Waals surface area contributed by atoms with Gasteiger partial charge >= 0.3 is 12.1 Å². The number of amides is 3. The number of benzene rings is 2. The van der Waals surface area contributed by atoms with Gasteiger partial charge in [-0.05, 0) is 30.7 Å². The normalized spacial score (nSPS) is 21.5. The number of carbonyl (C=O) groups excluding carboxylic acids is 2. The van der Waals surface area contributed by atoms with Crippen LogP contribution in [0.3, 0.4) is 0 Å². The third-order valence-corrected chi connectivity index (χ3v) is 7.01. The van der Waals surface area contributed by atoms with Crippen LogP contribution in [0, 0.1) is 11.6 Å². The van der Waals surface area contributed by atoms with Gasteiger partial charge in [0, 0.05) is 56.9 Å². The standard InChI is InChI=1S/C26H28F2N4O3/c27-21-8-4-19(5-9-21)26(20-6-10-22(28)11-7-20)23-18-31(16-17-32(23)25(34)35-26)24(33)29-12-15-30-13-2-1-3-14-30/h1-2,4-11,23H,3,12-18H2,(H,29,33). The van der Waals surface area contributed by atoms with Gasteiger partial charge in [-0.15, -0.1) is 0 Å². The average Bonchev–Trinajstić information content (AvgIpc) is 3.18. The fourth-order valence-corrected chi connectivity index (χ4v) is 5.19. The van der Waals surface area contributed by atoms with E-state index in [1.807, 2.05) is 0 Å². The molecule has 1 N–H and O–H groups in total. The number of fused-ring (bicyclic) bond motifs is 1. The van der Waals surface area contributed by atoms with Crippen molar-refractivity contribution in [3.8, 4) is 0 Å². The van der Waals surface area contributed by atoms with Gasteiger partial charge in [0.2, 0.25) is 0 Å². The van der Waals surface area contributed by atoms with Crippen molar-refractivity contribution in [3.63, 3.8) is 0 Å². The molecule has 2 aromatic carbocycles. The van der Waals surface area contributed by atoms with Crippen LogP contribution in [0.1, 0.15) is 17.5 Å². The predicted molar refractivity (Wildman–Crippen MR) is 126 cm³/mol. The van der Waals surface area contributed by atoms with E-state index in [2.05, 4.69) is 22.4 Å². The molecule has 9 heteroatoms. The molecule has 5 rings (SSSR count). The smallest absolute Gasteiger partial charge is 0.411 e. The van der Waals surface area contributed by atoms with E-state index in [0.717, 1.165) is 26.1 Å². The van der Waals surface area contributed by atoms with Crippen LogP contribution in [0.4, 0.5) is 18.4 Å². The molecule has 1 atom stereocenters. The van der Waals surface area contributed by atoms with Crippen molar-refractivity contribution in [2.45, 2.75) is 18.1 Å². The van der Waals surface area contributed by atoms with Gasteiger partial charge < -0.3 is 15.0 Å². The summed E-state index contributed by atoms with van der Waals surface area (Å²) in [4.78, 5) is 31.5. The summed E-state index contributed by atoms with van der Waals surface area (Å²) in [7, 11) is 0. The predicted octanol–water partition coefficient (Wildman–Crippen LogP) is 3.32. The van der Waals surface area contributed by atoms with Gasteiger partial charge in [0.15, 0.2) is 5.60 Å². The summed E-state index contributed by atoms with van der Waals surface area (Å²) < 4.78 is 33.5. The monoisotopic (exact) mass is 482 g/mol. The number of ether oxygens (including phenoxy) is 1. The first-order valence-electron chi connectivity index (χ1n) is 11.9. The Labute approximate surface area is 202 Å². The lowest BCUT2D eigenvalue weighted by molar-refractivity contribution is 0.0510. The summed E-state index contributed by atoms with van der Waals surface area (Å²) in [5, 5.41) is 2.99. The topological polar surface area (TPSA) is 65.1 Å². The van der Waals surface area contributed by atoms with E-state index in [0.29, 0.717) is 30.8 Å². The molecule has 0 aliphatic carbocycles. The van der Waals surface area contributed by atoms with Gasteiger partial charge in [0.25, 0.3) is 0 Å². The fourth-order valence-electron chi connectivity index (χ4n) is 5.19. The molecular formula is C26H28F2N4O3. The highest BCUT2D eigenvalue weighted by molar-refractivity contribution is 5.77. The Kier molecular flexibility index (Phi) is 6.42. The van der Waals surface area contributed by atoms with Crippen LogP contribution in [0.2, 0.25) is 0 Å². The first-order chi connectivity index (χ1) is 17.0. The number of urea groups is 1. The summed E-state index contributed by atoms with van der Waals surface area (Å²) in [5.74, 6) is -0.837. The average molecular weight is 483 g/mol. The Morgan fingerprint density at radius 3 is 2.23 bits per heavy atom. The second-order valence-electron chi connectivity index (χ2n) is 9.07. The molecule has 2 fully saturated rings. The van der Waals surface area contributed by atoms with Crippen LogP contribution in [-0.2, 0) is 10.3 Å². The maximum absolute atomic E-state index is 13.7. The Balaban J connectivity index is 1.39. The number of nitrogens with one attached hydrogen (secondary N) is 1. The maximum atomic E-state index is 13.7. The van der Waals surface area contributed by atoms with Gasteiger partial charge in [-0.2, -0.15) is 0 Å². The molecule has 3 aliphatic heterocycles. The molecular weight excluding hydrogens is 454 g/mol. The van der Waals surface area contributed by atoms with Crippen molar-refractivity contribution in [1.82, 2.24) is 20.0 Å². The van der Waals surface area contributed by atoms with E-state index in [-0.39, 0.29) is 12.6 Å². The molecule has 0 aromatic heterocycles. The maximum Gasteiger partial charge on any atom is 0.411 e. The van der Waals surface area contributed by atoms with Crippen LogP contribution in [0.15, 0.2) is 60.7 Å². The van der Waals surface area contributed by atoms with E-state index >= 15 is 0 Å². The van der Waals surface area contributed by atoms with Crippen LogP contribution < -0.4 is 5.32 Å². The minimum absolute atomic E-state index is 0.205. The molecule has 7 nitrogen and oxygen atoms in total. The molecule has 3 heterocycles. The minimum Gasteiger partial charge on any atom is -0.431 e. The van der Waals surface area contributed by atoms with Crippen molar-refractivity contribution < 1.29 is 23.1 Å². The van der Waals surface area contributed by atoms with Gasteiger partial charge in [0.1, 0.15) is 17.7 Å². The first kappa shape index (κ1) is 23.3. The highest BCUT2D eigenvalue weighted by Gasteiger charge is 2.58. The summed E-state index contributed by atoms with van der Waals surface area (Å²) in [6.07, 6.45) is 4.79. The molecule has 0 spiro atoms. The van der Waals surface area contributed by atoms with Crippen molar-refractivity contribution in [2.75, 3.05) is 45.8 Å². The Bertz CT molecular complexity index is 1060. The number of nitrogens with zero attached hydrogens (tertiary/aromatic N) is 3. The van der Waals surface area contributed by atoms with E-state index in [1.54, 1.807) is 34.1 Å². The largest absolute Gasteiger partial charge is 0.431 e. The van der Waals surface area contributed by atoms with E-state index in [1.165, 1.54) is 24.3 Å². The molecule has 0 saturated carbocycles. The third-order valence-electron chi connectivity index (χ3n) is 7.01. The van der Waals surface area contributed by atoms with Gasteiger partial charge in [-0.1, -0.05) is 36.4 Å². The van der Waals surface area contributed by atoms with Crippen molar-refractivity contribution in [2.24, 2.45) is 0 Å². The highest BCUT2D eigenvalue weighted by atomic mass is 19.1. The SMILES string of the molecule is O=C(NCCN1CC=CCC1)N1CCN2C(=O)OC(c3ccc(F)cc3)(c3ccc(F)cc3)C2C1. The zero-order valence-corrected chi connectivity index (χ0v) is 19.3. The Morgan fingerprint density at radius 1 is 0.971 bits per heavy atom. The minimum atomic E-state index is -1.31. The number of piperazine rings is 1. The number of carbonyl (C=O) groups is 2. The lowest BCUT2D eigenvalue weighted by Crippen LogP contribution is -2.60. The fraction of sp³-hybridized carbons (Fsp3) is 0.385. The summed E-state index contributed by atoms with van der Waals surface area (Å²) in [6, 6.07) is 10.7. The van der Waals surface area contributed by atoms with Crippen LogP contribution >= 0.6 is 0 Å². The second-order valence-corrected chi connectivity index (χ2v) is 9.07. The summed E-state index contributed by atoms with van der Waals surface area (Å²) in [5.41, 5.74) is -0.184. The molecule has 0 radical (unpaired) electrons. The molecule has 35 heavy (non-hydrogen) atoms. The quantitative estimate of drug-likeness (QED) is 0.665. The van der Waals surface area contributed by atoms with E-state index < -0.39 is 29.4 Å². The zero-order valence-electron chi connectivity index (χ0n) is 19.3. The summed E-state index contributed by atoms with van der Waals surface area (Å²) in [6.45, 7) is 4.03. The first-order valence-corrected chi connectivity index (χ1v) is 11.9. The number of halogens is 2. The molecule has 3 amide bonds. The van der Waals surface area contributed by atoms with E-state index in [4.69, 9.17) is 4.74 Å². The molecule has 1 unspecified atom stereocenters. The summed E-state index contributed by atoms with van der Waals surface area (Å²) >= 11 is 0. The molecule has 2 saturated heterocycles. The van der Waals surface area contributed by atoms with Crippen LogP contribution in [-0.4, -0.2) is 78.7 Å². The Morgan fingerprint density at radius 2 is 1.63 bits per heavy atom. The highest BCUT2D eigenvalue weighted by Crippen LogP contribution is 2.45. The van der Waals surface area contributed by atoms with Crippen molar-refractivity contribution >= 4 is 12.1 Å². The van der Waals surface area contributed by atoms with Gasteiger partial charge in [-0.25, -0.2) is 18.4 Å². The zero-order chi connectivity index (χ0) is 24.4. The molecule has 2 aromatic rings. The second kappa shape index (κ2) is 9.65. The van der Waals surface area contributed by atoms with Gasteiger partial charge in [-0.3, -0.25) is 9.80 Å². The third kappa shape index (κ3) is 4.48. The Hall–Kier alpha value is -3.46. The molecule has 184 valence electrons. The number of rotatable bonds is 5. The number of hydrogen-bond donors (Lipinski definition) is 1. The van der Waals surface area contributed by atoms with Crippen molar-refractivity contribution in [1.29, 1.82) is 0 Å². The molecule has 3 aliphatic rings. The van der Waals surface area contributed by atoms with Gasteiger partial charge in [0.05, 0.1) is 0 Å². The van der Waals surface area contributed by atoms with Crippen LogP contribution in [0.5, 0.6) is 0 Å². The molecule has 0 bridgehead atoms. The number of hydrogen-bond acceptors (Lipinski definition) is 4. The van der Waals surface area contributed by atoms with Crippen molar-refractivity contribution in [3.05, 3.63) is 83.4 Å². The number of cyclic esters (lactones) is 1. The lowest BCUT2D eigenvalue weighted by atomic mass is 9.79. The van der Waals surface area contributed by atoms with E-state index in [9.17, 15) is 18.4 Å².